The first kappa shape index (κ1) is 14.8. The van der Waals surface area contributed by atoms with E-state index in [1.165, 1.54) is 0 Å². The maximum atomic E-state index is 9.25. The van der Waals surface area contributed by atoms with Crippen molar-refractivity contribution >= 4 is 0 Å². The molecule has 0 aromatic rings. The van der Waals surface area contributed by atoms with E-state index in [9.17, 15) is 5.11 Å². The lowest BCUT2D eigenvalue weighted by atomic mass is 10.2. The molecule has 92 valence electrons. The predicted octanol–water partition coefficient (Wildman–Crippen LogP) is 0.741. The number of rotatable bonds is 9. The second-order valence-corrected chi connectivity index (χ2v) is 3.97. The third-order valence-corrected chi connectivity index (χ3v) is 2.45. The molecule has 0 radical (unpaired) electrons. The van der Waals surface area contributed by atoms with Crippen molar-refractivity contribution in [2.24, 2.45) is 0 Å². The molecule has 0 heterocycles. The second-order valence-electron chi connectivity index (χ2n) is 3.97. The number of ether oxygens (including phenoxy) is 2. The normalized spacial score (nSPS) is 15.6. The Bertz CT molecular complexity index is 142. The van der Waals surface area contributed by atoms with Gasteiger partial charge in [-0.25, -0.2) is 0 Å². The van der Waals surface area contributed by atoms with E-state index < -0.39 is 0 Å². The van der Waals surface area contributed by atoms with Crippen molar-refractivity contribution in [3.05, 3.63) is 0 Å². The first-order chi connectivity index (χ1) is 7.11. The summed E-state index contributed by atoms with van der Waals surface area (Å²) in [5.41, 5.74) is 0. The molecule has 0 bridgehead atoms. The van der Waals surface area contributed by atoms with Crippen molar-refractivity contribution in [3.8, 4) is 0 Å². The van der Waals surface area contributed by atoms with Crippen LogP contribution >= 0.6 is 0 Å². The van der Waals surface area contributed by atoms with Crippen LogP contribution in [0, 0.1) is 0 Å². The molecule has 0 amide bonds. The molecule has 0 aliphatic carbocycles. The summed E-state index contributed by atoms with van der Waals surface area (Å²) in [5.74, 6) is 0. The fourth-order valence-corrected chi connectivity index (χ4v) is 1.46. The van der Waals surface area contributed by atoms with Crippen molar-refractivity contribution in [2.45, 2.75) is 32.4 Å². The number of hydrogen-bond donors (Lipinski definition) is 1. The number of aliphatic hydroxyl groups is 1. The monoisotopic (exact) mass is 219 g/mol. The van der Waals surface area contributed by atoms with Gasteiger partial charge in [0.05, 0.1) is 19.3 Å². The standard InChI is InChI=1S/C11H25NO3/c1-10(9-15-4)12(7-8-14-3)6-5-11(2)13/h10-11,13H,5-9H2,1-4H3. The van der Waals surface area contributed by atoms with Gasteiger partial charge in [0, 0.05) is 33.4 Å². The first-order valence-electron chi connectivity index (χ1n) is 5.51. The maximum absolute atomic E-state index is 9.25. The minimum atomic E-state index is -0.246. The zero-order chi connectivity index (χ0) is 11.7. The molecular weight excluding hydrogens is 194 g/mol. The molecule has 2 atom stereocenters. The van der Waals surface area contributed by atoms with E-state index in [1.54, 1.807) is 14.2 Å². The molecule has 0 spiro atoms. The Morgan fingerprint density at radius 1 is 1.13 bits per heavy atom. The minimum absolute atomic E-state index is 0.246. The highest BCUT2D eigenvalue weighted by molar-refractivity contribution is 4.67. The topological polar surface area (TPSA) is 41.9 Å². The van der Waals surface area contributed by atoms with Gasteiger partial charge in [-0.15, -0.1) is 0 Å². The summed E-state index contributed by atoms with van der Waals surface area (Å²) in [6, 6.07) is 0.365. The molecule has 0 aliphatic rings. The van der Waals surface area contributed by atoms with Gasteiger partial charge < -0.3 is 14.6 Å². The highest BCUT2D eigenvalue weighted by Gasteiger charge is 2.13. The van der Waals surface area contributed by atoms with E-state index in [1.807, 2.05) is 6.92 Å². The fraction of sp³-hybridized carbons (Fsp3) is 1.00. The zero-order valence-electron chi connectivity index (χ0n) is 10.4. The molecule has 0 aromatic carbocycles. The van der Waals surface area contributed by atoms with E-state index in [-0.39, 0.29) is 6.10 Å². The summed E-state index contributed by atoms with van der Waals surface area (Å²) in [4.78, 5) is 2.28. The van der Waals surface area contributed by atoms with Crippen molar-refractivity contribution < 1.29 is 14.6 Å². The number of hydrogen-bond acceptors (Lipinski definition) is 4. The smallest absolute Gasteiger partial charge is 0.0615 e. The van der Waals surface area contributed by atoms with Crippen LogP contribution in [0.1, 0.15) is 20.3 Å². The molecule has 15 heavy (non-hydrogen) atoms. The molecule has 0 fully saturated rings. The Kier molecular flexibility index (Phi) is 9.00. The molecule has 4 nitrogen and oxygen atoms in total. The summed E-state index contributed by atoms with van der Waals surface area (Å²) in [6.45, 7) is 7.13. The van der Waals surface area contributed by atoms with Gasteiger partial charge in [0.15, 0.2) is 0 Å². The van der Waals surface area contributed by atoms with Gasteiger partial charge in [0.25, 0.3) is 0 Å². The van der Waals surface area contributed by atoms with Crippen molar-refractivity contribution in [1.82, 2.24) is 4.90 Å². The van der Waals surface area contributed by atoms with E-state index in [2.05, 4.69) is 11.8 Å². The molecular formula is C11H25NO3. The van der Waals surface area contributed by atoms with Crippen LogP contribution in [-0.4, -0.2) is 62.7 Å². The number of methoxy groups -OCH3 is 2. The minimum Gasteiger partial charge on any atom is -0.393 e. The van der Waals surface area contributed by atoms with Gasteiger partial charge in [0.1, 0.15) is 0 Å². The van der Waals surface area contributed by atoms with E-state index in [0.717, 1.165) is 19.5 Å². The summed E-state index contributed by atoms with van der Waals surface area (Å²) in [6.07, 6.45) is 0.544. The Hall–Kier alpha value is -0.160. The number of aliphatic hydroxyl groups excluding tert-OH is 1. The van der Waals surface area contributed by atoms with Crippen LogP contribution in [0.5, 0.6) is 0 Å². The van der Waals surface area contributed by atoms with Gasteiger partial charge in [-0.05, 0) is 20.3 Å². The molecule has 2 unspecified atom stereocenters. The lowest BCUT2D eigenvalue weighted by molar-refractivity contribution is 0.0637. The third kappa shape index (κ3) is 7.73. The van der Waals surface area contributed by atoms with Gasteiger partial charge in [-0.2, -0.15) is 0 Å². The Labute approximate surface area is 93.2 Å². The SMILES string of the molecule is COCCN(CCC(C)O)C(C)COC. The largest absolute Gasteiger partial charge is 0.393 e. The summed E-state index contributed by atoms with van der Waals surface area (Å²) < 4.78 is 10.2. The maximum Gasteiger partial charge on any atom is 0.0615 e. The van der Waals surface area contributed by atoms with Crippen molar-refractivity contribution in [2.75, 3.05) is 40.5 Å². The zero-order valence-corrected chi connectivity index (χ0v) is 10.4. The summed E-state index contributed by atoms with van der Waals surface area (Å²) >= 11 is 0. The summed E-state index contributed by atoms with van der Waals surface area (Å²) in [7, 11) is 3.41. The predicted molar refractivity (Wildman–Crippen MR) is 61.1 cm³/mol. The quantitative estimate of drug-likeness (QED) is 0.621. The lowest BCUT2D eigenvalue weighted by Gasteiger charge is -2.28. The number of nitrogens with zero attached hydrogens (tertiary/aromatic N) is 1. The molecule has 4 heteroatoms. The average Bonchev–Trinajstić information content (AvgIpc) is 2.17. The van der Waals surface area contributed by atoms with E-state index >= 15 is 0 Å². The van der Waals surface area contributed by atoms with Crippen LogP contribution in [0.4, 0.5) is 0 Å². The van der Waals surface area contributed by atoms with Crippen LogP contribution in [0.2, 0.25) is 0 Å². The van der Waals surface area contributed by atoms with E-state index in [4.69, 9.17) is 9.47 Å². The molecule has 0 aliphatic heterocycles. The first-order valence-corrected chi connectivity index (χ1v) is 5.51. The van der Waals surface area contributed by atoms with Crippen LogP contribution in [0.15, 0.2) is 0 Å². The van der Waals surface area contributed by atoms with Crippen LogP contribution in [0.3, 0.4) is 0 Å². The summed E-state index contributed by atoms with van der Waals surface area (Å²) in [5, 5.41) is 9.25. The highest BCUT2D eigenvalue weighted by Crippen LogP contribution is 2.03. The van der Waals surface area contributed by atoms with Gasteiger partial charge in [-0.3, -0.25) is 4.90 Å². The van der Waals surface area contributed by atoms with Gasteiger partial charge in [0.2, 0.25) is 0 Å². The van der Waals surface area contributed by atoms with Gasteiger partial charge >= 0.3 is 0 Å². The molecule has 1 N–H and O–H groups in total. The van der Waals surface area contributed by atoms with Crippen molar-refractivity contribution in [3.63, 3.8) is 0 Å². The fourth-order valence-electron chi connectivity index (χ4n) is 1.46. The van der Waals surface area contributed by atoms with Crippen LogP contribution < -0.4 is 0 Å². The Morgan fingerprint density at radius 2 is 1.80 bits per heavy atom. The van der Waals surface area contributed by atoms with Crippen LogP contribution in [0.25, 0.3) is 0 Å². The van der Waals surface area contributed by atoms with Gasteiger partial charge in [-0.1, -0.05) is 0 Å². The van der Waals surface area contributed by atoms with Crippen LogP contribution in [-0.2, 0) is 9.47 Å². The van der Waals surface area contributed by atoms with Crippen molar-refractivity contribution in [1.29, 1.82) is 0 Å². The second kappa shape index (κ2) is 9.09. The molecule has 0 aromatic heterocycles. The average molecular weight is 219 g/mol. The lowest BCUT2D eigenvalue weighted by Crippen LogP contribution is -2.40. The van der Waals surface area contributed by atoms with E-state index in [0.29, 0.717) is 19.3 Å². The molecule has 0 saturated carbocycles. The highest BCUT2D eigenvalue weighted by atomic mass is 16.5. The third-order valence-electron chi connectivity index (χ3n) is 2.45. The Balaban J connectivity index is 3.92. The Morgan fingerprint density at radius 3 is 2.27 bits per heavy atom. The molecule has 0 saturated heterocycles. The molecule has 0 rings (SSSR count).